The van der Waals surface area contributed by atoms with Crippen LogP contribution in [0.5, 0.6) is 0 Å². The topological polar surface area (TPSA) is 23.5 Å². The van der Waals surface area contributed by atoms with E-state index in [9.17, 15) is 0 Å². The number of halogens is 1. The van der Waals surface area contributed by atoms with E-state index in [0.717, 1.165) is 17.6 Å². The molecule has 12 heavy (non-hydrogen) atoms. The van der Waals surface area contributed by atoms with Crippen molar-refractivity contribution in [3.63, 3.8) is 0 Å². The molecule has 1 aliphatic rings. The van der Waals surface area contributed by atoms with Gasteiger partial charge in [-0.1, -0.05) is 15.9 Å². The maximum Gasteiger partial charge on any atom is 0.0889 e. The molecule has 1 aromatic rings. The molecule has 1 fully saturated rings. The largest absolute Gasteiger partial charge is 0.389 e. The maximum absolute atomic E-state index is 9.08. The average molecular weight is 228 g/mol. The third kappa shape index (κ3) is 1.47. The lowest BCUT2D eigenvalue weighted by Crippen LogP contribution is -2.50. The maximum atomic E-state index is 9.08. The molecule has 1 saturated heterocycles. The Bertz CT molecular complexity index is 266. The number of hydrogen-bond donors (Lipinski definition) is 1. The lowest BCUT2D eigenvalue weighted by atomic mass is 10.1. The van der Waals surface area contributed by atoms with Crippen molar-refractivity contribution in [2.45, 2.75) is 6.10 Å². The Hall–Kier alpha value is -0.540. The molecule has 0 spiro atoms. The van der Waals surface area contributed by atoms with Crippen molar-refractivity contribution in [2.24, 2.45) is 0 Å². The van der Waals surface area contributed by atoms with Crippen LogP contribution in [0.1, 0.15) is 0 Å². The van der Waals surface area contributed by atoms with Gasteiger partial charge >= 0.3 is 0 Å². The molecule has 1 heterocycles. The minimum atomic E-state index is -0.131. The fourth-order valence-corrected chi connectivity index (χ4v) is 1.58. The fourth-order valence-electron chi connectivity index (χ4n) is 1.32. The number of aliphatic hydroxyl groups excluding tert-OH is 1. The van der Waals surface area contributed by atoms with E-state index >= 15 is 0 Å². The predicted molar refractivity (Wildman–Crippen MR) is 52.4 cm³/mol. The first-order valence-corrected chi connectivity index (χ1v) is 4.73. The monoisotopic (exact) mass is 227 g/mol. The van der Waals surface area contributed by atoms with Crippen LogP contribution < -0.4 is 4.90 Å². The molecular formula is C9H10BrNO. The summed E-state index contributed by atoms with van der Waals surface area (Å²) in [6, 6.07) is 8.13. The van der Waals surface area contributed by atoms with Gasteiger partial charge in [0.1, 0.15) is 0 Å². The van der Waals surface area contributed by atoms with E-state index in [0.29, 0.717) is 0 Å². The number of aliphatic hydroxyl groups is 1. The summed E-state index contributed by atoms with van der Waals surface area (Å²) in [5.74, 6) is 0. The fraction of sp³-hybridized carbons (Fsp3) is 0.333. The second kappa shape index (κ2) is 3.07. The van der Waals surface area contributed by atoms with E-state index in [4.69, 9.17) is 5.11 Å². The molecule has 0 radical (unpaired) electrons. The Morgan fingerprint density at radius 1 is 1.25 bits per heavy atom. The molecule has 2 rings (SSSR count). The van der Waals surface area contributed by atoms with Gasteiger partial charge in [-0.15, -0.1) is 0 Å². The Labute approximate surface area is 79.9 Å². The molecule has 0 unspecified atom stereocenters. The van der Waals surface area contributed by atoms with Gasteiger partial charge in [-0.2, -0.15) is 0 Å². The number of benzene rings is 1. The third-order valence-electron chi connectivity index (χ3n) is 2.05. The molecule has 0 aromatic heterocycles. The SMILES string of the molecule is OC1CN(c2ccc(Br)cc2)C1. The Morgan fingerprint density at radius 2 is 1.83 bits per heavy atom. The molecule has 2 nitrogen and oxygen atoms in total. The molecule has 0 aliphatic carbocycles. The molecule has 3 heteroatoms. The summed E-state index contributed by atoms with van der Waals surface area (Å²) < 4.78 is 1.09. The van der Waals surface area contributed by atoms with Gasteiger partial charge in [-0.25, -0.2) is 0 Å². The van der Waals surface area contributed by atoms with Gasteiger partial charge in [-0.05, 0) is 24.3 Å². The summed E-state index contributed by atoms with van der Waals surface area (Å²) >= 11 is 3.38. The molecule has 0 amide bonds. The van der Waals surface area contributed by atoms with Crippen molar-refractivity contribution in [1.82, 2.24) is 0 Å². The van der Waals surface area contributed by atoms with E-state index in [1.165, 1.54) is 5.69 Å². The van der Waals surface area contributed by atoms with Crippen molar-refractivity contribution in [1.29, 1.82) is 0 Å². The van der Waals surface area contributed by atoms with Gasteiger partial charge in [0, 0.05) is 23.2 Å². The Morgan fingerprint density at radius 3 is 2.33 bits per heavy atom. The first kappa shape index (κ1) is 8.08. The summed E-state index contributed by atoms with van der Waals surface area (Å²) in [6.07, 6.45) is -0.131. The van der Waals surface area contributed by atoms with Crippen molar-refractivity contribution >= 4 is 21.6 Å². The number of anilines is 1. The zero-order valence-corrected chi connectivity index (χ0v) is 8.16. The van der Waals surface area contributed by atoms with Crippen LogP contribution >= 0.6 is 15.9 Å². The first-order valence-electron chi connectivity index (χ1n) is 3.94. The van der Waals surface area contributed by atoms with Gasteiger partial charge in [0.2, 0.25) is 0 Å². The normalized spacial score (nSPS) is 17.7. The number of rotatable bonds is 1. The standard InChI is InChI=1S/C9H10BrNO/c10-7-1-3-8(4-2-7)11-5-9(12)6-11/h1-4,9,12H,5-6H2. The highest BCUT2D eigenvalue weighted by atomic mass is 79.9. The first-order chi connectivity index (χ1) is 5.75. The summed E-state index contributed by atoms with van der Waals surface area (Å²) in [5.41, 5.74) is 1.18. The van der Waals surface area contributed by atoms with Crippen molar-refractivity contribution < 1.29 is 5.11 Å². The molecule has 1 aliphatic heterocycles. The highest BCUT2D eigenvalue weighted by Gasteiger charge is 2.23. The van der Waals surface area contributed by atoms with E-state index < -0.39 is 0 Å². The molecule has 1 N–H and O–H groups in total. The van der Waals surface area contributed by atoms with Crippen LogP contribution in [0, 0.1) is 0 Å². The Kier molecular flexibility index (Phi) is 2.07. The summed E-state index contributed by atoms with van der Waals surface area (Å²) in [4.78, 5) is 2.15. The second-order valence-electron chi connectivity index (χ2n) is 3.04. The van der Waals surface area contributed by atoms with Crippen LogP contribution in [0.4, 0.5) is 5.69 Å². The average Bonchev–Trinajstić information content (AvgIpc) is 2.01. The van der Waals surface area contributed by atoms with Crippen LogP contribution in [0.25, 0.3) is 0 Å². The van der Waals surface area contributed by atoms with Crippen LogP contribution in [0.2, 0.25) is 0 Å². The lowest BCUT2D eigenvalue weighted by Gasteiger charge is -2.37. The highest BCUT2D eigenvalue weighted by molar-refractivity contribution is 9.10. The van der Waals surface area contributed by atoms with E-state index in [1.54, 1.807) is 0 Å². The molecule has 0 atom stereocenters. The smallest absolute Gasteiger partial charge is 0.0889 e. The van der Waals surface area contributed by atoms with Crippen molar-refractivity contribution in [2.75, 3.05) is 18.0 Å². The van der Waals surface area contributed by atoms with E-state index in [-0.39, 0.29) is 6.10 Å². The van der Waals surface area contributed by atoms with E-state index in [2.05, 4.69) is 33.0 Å². The highest BCUT2D eigenvalue weighted by Crippen LogP contribution is 2.22. The van der Waals surface area contributed by atoms with E-state index in [1.807, 2.05) is 12.1 Å². The van der Waals surface area contributed by atoms with Crippen molar-refractivity contribution in [3.05, 3.63) is 28.7 Å². The minimum absolute atomic E-state index is 0.131. The van der Waals surface area contributed by atoms with Gasteiger partial charge < -0.3 is 10.0 Å². The quantitative estimate of drug-likeness (QED) is 0.789. The molecule has 0 bridgehead atoms. The predicted octanol–water partition coefficient (Wildman–Crippen LogP) is 1.63. The number of β-amino-alcohol motifs (C(OH)–C–C–N with tert-alkyl or cyclic N) is 1. The van der Waals surface area contributed by atoms with Crippen LogP contribution in [0.15, 0.2) is 28.7 Å². The molecule has 0 saturated carbocycles. The van der Waals surface area contributed by atoms with Gasteiger partial charge in [0.25, 0.3) is 0 Å². The minimum Gasteiger partial charge on any atom is -0.389 e. The molecule has 1 aromatic carbocycles. The number of hydrogen-bond acceptors (Lipinski definition) is 2. The molecular weight excluding hydrogens is 218 g/mol. The lowest BCUT2D eigenvalue weighted by molar-refractivity contribution is 0.142. The Balaban J connectivity index is 2.09. The van der Waals surface area contributed by atoms with Crippen LogP contribution in [-0.2, 0) is 0 Å². The third-order valence-corrected chi connectivity index (χ3v) is 2.58. The van der Waals surface area contributed by atoms with Crippen LogP contribution in [0.3, 0.4) is 0 Å². The van der Waals surface area contributed by atoms with Gasteiger partial charge in [-0.3, -0.25) is 0 Å². The number of nitrogens with zero attached hydrogens (tertiary/aromatic N) is 1. The summed E-state index contributed by atoms with van der Waals surface area (Å²) in [6.45, 7) is 1.53. The zero-order valence-electron chi connectivity index (χ0n) is 6.57. The summed E-state index contributed by atoms with van der Waals surface area (Å²) in [5, 5.41) is 9.08. The zero-order chi connectivity index (χ0) is 8.55. The second-order valence-corrected chi connectivity index (χ2v) is 3.95. The van der Waals surface area contributed by atoms with Crippen LogP contribution in [-0.4, -0.2) is 24.3 Å². The molecule has 64 valence electrons. The summed E-state index contributed by atoms with van der Waals surface area (Å²) in [7, 11) is 0. The van der Waals surface area contributed by atoms with Gasteiger partial charge in [0.15, 0.2) is 0 Å². The van der Waals surface area contributed by atoms with Crippen molar-refractivity contribution in [3.8, 4) is 0 Å². The van der Waals surface area contributed by atoms with Gasteiger partial charge in [0.05, 0.1) is 6.10 Å².